The van der Waals surface area contributed by atoms with Crippen LogP contribution in [0.5, 0.6) is 0 Å². The van der Waals surface area contributed by atoms with E-state index in [9.17, 15) is 5.11 Å². The van der Waals surface area contributed by atoms with Crippen molar-refractivity contribution in [1.82, 2.24) is 4.98 Å². The number of aryl methyl sites for hydroxylation is 2. The molecule has 0 radical (unpaired) electrons. The lowest BCUT2D eigenvalue weighted by Crippen LogP contribution is -2.01. The highest BCUT2D eigenvalue weighted by Gasteiger charge is 2.07. The van der Waals surface area contributed by atoms with Gasteiger partial charge in [-0.15, -0.1) is 0 Å². The molecule has 0 aliphatic rings. The van der Waals surface area contributed by atoms with Crippen molar-refractivity contribution in [3.63, 3.8) is 0 Å². The summed E-state index contributed by atoms with van der Waals surface area (Å²) in [5, 5.41) is 9.67. The summed E-state index contributed by atoms with van der Waals surface area (Å²) < 4.78 is 0. The van der Waals surface area contributed by atoms with E-state index in [0.29, 0.717) is 0 Å². The Morgan fingerprint density at radius 2 is 2.08 bits per heavy atom. The zero-order valence-electron chi connectivity index (χ0n) is 8.54. The van der Waals surface area contributed by atoms with Crippen molar-refractivity contribution in [2.75, 3.05) is 0 Å². The first-order valence-corrected chi connectivity index (χ1v) is 4.76. The number of aliphatic hydroxyl groups excluding tert-OH is 1. The van der Waals surface area contributed by atoms with Crippen molar-refractivity contribution in [3.05, 3.63) is 29.1 Å². The van der Waals surface area contributed by atoms with Crippen LogP contribution >= 0.6 is 0 Å². The Morgan fingerprint density at radius 1 is 1.38 bits per heavy atom. The largest absolute Gasteiger partial charge is 0.387 e. The molecule has 1 unspecified atom stereocenters. The first kappa shape index (κ1) is 10.2. The van der Waals surface area contributed by atoms with Gasteiger partial charge < -0.3 is 5.11 Å². The smallest absolute Gasteiger partial charge is 0.0959 e. The molecule has 1 aromatic rings. The number of rotatable bonds is 3. The van der Waals surface area contributed by atoms with E-state index in [1.165, 1.54) is 11.1 Å². The average Bonchev–Trinajstić information content (AvgIpc) is 2.10. The molecule has 13 heavy (non-hydrogen) atoms. The lowest BCUT2D eigenvalue weighted by molar-refractivity contribution is 0.161. The van der Waals surface area contributed by atoms with Crippen LogP contribution in [0, 0.1) is 13.8 Å². The van der Waals surface area contributed by atoms with Gasteiger partial charge in [0.1, 0.15) is 0 Å². The first-order chi connectivity index (χ1) is 6.15. The number of pyridine rings is 1. The van der Waals surface area contributed by atoms with Crippen LogP contribution in [-0.4, -0.2) is 10.1 Å². The zero-order chi connectivity index (χ0) is 9.84. The topological polar surface area (TPSA) is 33.1 Å². The Hall–Kier alpha value is -0.890. The van der Waals surface area contributed by atoms with Crippen LogP contribution in [-0.2, 0) is 0 Å². The zero-order valence-corrected chi connectivity index (χ0v) is 8.54. The summed E-state index contributed by atoms with van der Waals surface area (Å²) in [6.45, 7) is 6.13. The molecule has 2 nitrogen and oxygen atoms in total. The SMILES string of the molecule is CCCC(O)c1cc(C)c(C)cn1. The highest BCUT2D eigenvalue weighted by molar-refractivity contribution is 5.24. The van der Waals surface area contributed by atoms with E-state index < -0.39 is 6.10 Å². The van der Waals surface area contributed by atoms with Crippen molar-refractivity contribution in [1.29, 1.82) is 0 Å². The van der Waals surface area contributed by atoms with Crippen LogP contribution in [0.3, 0.4) is 0 Å². The Labute approximate surface area is 79.6 Å². The maximum Gasteiger partial charge on any atom is 0.0959 e. The van der Waals surface area contributed by atoms with Crippen LogP contribution in [0.15, 0.2) is 12.3 Å². The molecule has 0 aliphatic heterocycles. The quantitative estimate of drug-likeness (QED) is 0.773. The van der Waals surface area contributed by atoms with E-state index in [4.69, 9.17) is 0 Å². The third-order valence-electron chi connectivity index (χ3n) is 2.30. The van der Waals surface area contributed by atoms with Gasteiger partial charge in [0.15, 0.2) is 0 Å². The van der Waals surface area contributed by atoms with Crippen LogP contribution < -0.4 is 0 Å². The first-order valence-electron chi connectivity index (χ1n) is 4.76. The fourth-order valence-electron chi connectivity index (χ4n) is 1.25. The van der Waals surface area contributed by atoms with Crippen molar-refractivity contribution in [2.24, 2.45) is 0 Å². The van der Waals surface area contributed by atoms with Crippen LogP contribution in [0.4, 0.5) is 0 Å². The Bertz CT molecular complexity index is 283. The molecule has 0 bridgehead atoms. The van der Waals surface area contributed by atoms with Gasteiger partial charge in [-0.05, 0) is 37.5 Å². The Balaban J connectivity index is 2.84. The number of nitrogens with zero attached hydrogens (tertiary/aromatic N) is 1. The Kier molecular flexibility index (Phi) is 3.43. The monoisotopic (exact) mass is 179 g/mol. The van der Waals surface area contributed by atoms with E-state index in [1.54, 1.807) is 0 Å². The molecule has 1 rings (SSSR count). The highest BCUT2D eigenvalue weighted by atomic mass is 16.3. The minimum absolute atomic E-state index is 0.399. The van der Waals surface area contributed by atoms with E-state index >= 15 is 0 Å². The van der Waals surface area contributed by atoms with Gasteiger partial charge in [0.05, 0.1) is 11.8 Å². The molecule has 0 amide bonds. The Morgan fingerprint density at radius 3 is 2.62 bits per heavy atom. The molecule has 0 saturated carbocycles. The normalized spacial score (nSPS) is 12.9. The van der Waals surface area contributed by atoms with E-state index in [1.807, 2.05) is 26.1 Å². The molecule has 1 N–H and O–H groups in total. The molecular weight excluding hydrogens is 162 g/mol. The summed E-state index contributed by atoms with van der Waals surface area (Å²) in [4.78, 5) is 4.21. The standard InChI is InChI=1S/C11H17NO/c1-4-5-11(13)10-6-8(2)9(3)7-12-10/h6-7,11,13H,4-5H2,1-3H3. The maximum absolute atomic E-state index is 9.67. The van der Waals surface area contributed by atoms with Gasteiger partial charge in [0, 0.05) is 6.20 Å². The average molecular weight is 179 g/mol. The summed E-state index contributed by atoms with van der Waals surface area (Å²) >= 11 is 0. The summed E-state index contributed by atoms with van der Waals surface area (Å²) in [7, 11) is 0. The third kappa shape index (κ3) is 2.52. The molecule has 0 aliphatic carbocycles. The van der Waals surface area contributed by atoms with E-state index in [0.717, 1.165) is 18.5 Å². The van der Waals surface area contributed by atoms with Crippen LogP contribution in [0.25, 0.3) is 0 Å². The van der Waals surface area contributed by atoms with Gasteiger partial charge >= 0.3 is 0 Å². The second kappa shape index (κ2) is 4.38. The van der Waals surface area contributed by atoms with Crippen molar-refractivity contribution in [2.45, 2.75) is 39.7 Å². The summed E-state index contributed by atoms with van der Waals surface area (Å²) in [5.74, 6) is 0. The van der Waals surface area contributed by atoms with E-state index in [2.05, 4.69) is 11.9 Å². The fraction of sp³-hybridized carbons (Fsp3) is 0.545. The molecular formula is C11H17NO. The number of hydrogen-bond acceptors (Lipinski definition) is 2. The number of hydrogen-bond donors (Lipinski definition) is 1. The second-order valence-electron chi connectivity index (χ2n) is 3.50. The molecule has 0 fully saturated rings. The molecule has 0 aromatic carbocycles. The molecule has 1 atom stereocenters. The molecule has 1 heterocycles. The van der Waals surface area contributed by atoms with Gasteiger partial charge in [0.25, 0.3) is 0 Å². The lowest BCUT2D eigenvalue weighted by atomic mass is 10.1. The van der Waals surface area contributed by atoms with Crippen LogP contribution in [0.1, 0.15) is 42.7 Å². The molecule has 1 aromatic heterocycles. The third-order valence-corrected chi connectivity index (χ3v) is 2.30. The number of aliphatic hydroxyl groups is 1. The van der Waals surface area contributed by atoms with Gasteiger partial charge in [-0.1, -0.05) is 13.3 Å². The molecule has 72 valence electrons. The maximum atomic E-state index is 9.67. The minimum atomic E-state index is -0.399. The van der Waals surface area contributed by atoms with Gasteiger partial charge in [-0.3, -0.25) is 4.98 Å². The minimum Gasteiger partial charge on any atom is -0.387 e. The summed E-state index contributed by atoms with van der Waals surface area (Å²) in [6.07, 6.45) is 3.19. The lowest BCUT2D eigenvalue weighted by Gasteiger charge is -2.09. The number of aromatic nitrogens is 1. The fourth-order valence-corrected chi connectivity index (χ4v) is 1.25. The highest BCUT2D eigenvalue weighted by Crippen LogP contribution is 2.17. The van der Waals surface area contributed by atoms with Crippen LogP contribution in [0.2, 0.25) is 0 Å². The summed E-state index contributed by atoms with van der Waals surface area (Å²) in [6, 6.07) is 1.97. The van der Waals surface area contributed by atoms with Crippen molar-refractivity contribution < 1.29 is 5.11 Å². The summed E-state index contributed by atoms with van der Waals surface area (Å²) in [5.41, 5.74) is 3.16. The van der Waals surface area contributed by atoms with Gasteiger partial charge in [0.2, 0.25) is 0 Å². The van der Waals surface area contributed by atoms with Crippen molar-refractivity contribution >= 4 is 0 Å². The predicted octanol–water partition coefficient (Wildman–Crippen LogP) is 2.53. The molecule has 0 spiro atoms. The van der Waals surface area contributed by atoms with Gasteiger partial charge in [-0.25, -0.2) is 0 Å². The molecule has 2 heteroatoms. The second-order valence-corrected chi connectivity index (χ2v) is 3.50. The van der Waals surface area contributed by atoms with E-state index in [-0.39, 0.29) is 0 Å². The predicted molar refractivity (Wildman–Crippen MR) is 53.6 cm³/mol. The van der Waals surface area contributed by atoms with Gasteiger partial charge in [-0.2, -0.15) is 0 Å². The molecule has 0 saturated heterocycles. The van der Waals surface area contributed by atoms with Crippen molar-refractivity contribution in [3.8, 4) is 0 Å².